The summed E-state index contributed by atoms with van der Waals surface area (Å²) in [6, 6.07) is 0. The van der Waals surface area contributed by atoms with E-state index in [2.05, 4.69) is 55.4 Å². The lowest BCUT2D eigenvalue weighted by Gasteiger charge is -2.21. The third-order valence-corrected chi connectivity index (χ3v) is 19.3. The van der Waals surface area contributed by atoms with Gasteiger partial charge in [-0.3, -0.25) is 37.3 Å². The lowest BCUT2D eigenvalue weighted by Crippen LogP contribution is -2.30. The van der Waals surface area contributed by atoms with Crippen molar-refractivity contribution in [1.29, 1.82) is 0 Å². The number of aliphatic hydroxyl groups is 1. The highest BCUT2D eigenvalue weighted by molar-refractivity contribution is 7.47. The number of carbonyl (C=O) groups is 4. The van der Waals surface area contributed by atoms with Gasteiger partial charge >= 0.3 is 39.5 Å². The number of phosphoric ester groups is 2. The molecule has 0 rings (SSSR count). The van der Waals surface area contributed by atoms with Gasteiger partial charge in [0.1, 0.15) is 19.3 Å². The molecule has 0 aromatic heterocycles. The quantitative estimate of drug-likeness (QED) is 0.0222. The van der Waals surface area contributed by atoms with Crippen molar-refractivity contribution < 1.29 is 80.2 Å². The molecule has 6 atom stereocenters. The first-order chi connectivity index (χ1) is 44.6. The number of hydrogen-bond donors (Lipinski definition) is 3. The number of aliphatic hydroxyl groups excluding tert-OH is 1. The number of ether oxygens (including phenoxy) is 4. The van der Waals surface area contributed by atoms with Gasteiger partial charge in [-0.15, -0.1) is 0 Å². The molecular formula is C74H144O17P2. The fourth-order valence-electron chi connectivity index (χ4n) is 11.2. The van der Waals surface area contributed by atoms with Gasteiger partial charge in [-0.05, 0) is 49.4 Å². The lowest BCUT2D eigenvalue weighted by molar-refractivity contribution is -0.161. The predicted molar refractivity (Wildman–Crippen MR) is 377 cm³/mol. The van der Waals surface area contributed by atoms with Crippen molar-refractivity contribution in [1.82, 2.24) is 0 Å². The second-order valence-electron chi connectivity index (χ2n) is 28.4. The van der Waals surface area contributed by atoms with Gasteiger partial charge in [0.25, 0.3) is 0 Å². The molecule has 0 aromatic carbocycles. The topological polar surface area (TPSA) is 237 Å². The summed E-state index contributed by atoms with van der Waals surface area (Å²) in [5.41, 5.74) is 0. The summed E-state index contributed by atoms with van der Waals surface area (Å²) in [7, 11) is -9.91. The molecule has 0 heterocycles. The van der Waals surface area contributed by atoms with E-state index in [4.69, 9.17) is 37.0 Å². The van der Waals surface area contributed by atoms with Crippen molar-refractivity contribution >= 4 is 39.5 Å². The van der Waals surface area contributed by atoms with Gasteiger partial charge in [-0.25, -0.2) is 9.13 Å². The van der Waals surface area contributed by atoms with Gasteiger partial charge < -0.3 is 33.8 Å². The molecule has 0 aromatic rings. The summed E-state index contributed by atoms with van der Waals surface area (Å²) in [6.07, 6.45) is 47.5. The molecule has 3 unspecified atom stereocenters. The molecule has 93 heavy (non-hydrogen) atoms. The van der Waals surface area contributed by atoms with Crippen molar-refractivity contribution in [3.05, 3.63) is 0 Å². The lowest BCUT2D eigenvalue weighted by atomic mass is 9.99. The summed E-state index contributed by atoms with van der Waals surface area (Å²) in [5, 5.41) is 10.6. The molecule has 0 aliphatic heterocycles. The molecule has 19 heteroatoms. The average Bonchev–Trinajstić information content (AvgIpc) is 1.78. The van der Waals surface area contributed by atoms with Gasteiger partial charge in [-0.1, -0.05) is 319 Å². The Morgan fingerprint density at radius 3 is 0.763 bits per heavy atom. The van der Waals surface area contributed by atoms with Crippen molar-refractivity contribution in [2.45, 2.75) is 388 Å². The molecule has 0 saturated carbocycles. The Labute approximate surface area is 568 Å². The van der Waals surface area contributed by atoms with Gasteiger partial charge in [-0.2, -0.15) is 0 Å². The number of rotatable bonds is 71. The van der Waals surface area contributed by atoms with Gasteiger partial charge in [0.05, 0.1) is 26.4 Å². The Morgan fingerprint density at radius 1 is 0.301 bits per heavy atom. The Kier molecular flexibility index (Phi) is 62.2. The van der Waals surface area contributed by atoms with Crippen LogP contribution in [0.3, 0.4) is 0 Å². The summed E-state index contributed by atoms with van der Waals surface area (Å²) in [4.78, 5) is 72.6. The predicted octanol–water partition coefficient (Wildman–Crippen LogP) is 21.3. The van der Waals surface area contributed by atoms with Crippen LogP contribution < -0.4 is 0 Å². The average molecular weight is 1370 g/mol. The first-order valence-electron chi connectivity index (χ1n) is 38.2. The van der Waals surface area contributed by atoms with E-state index in [0.717, 1.165) is 108 Å². The van der Waals surface area contributed by atoms with E-state index in [9.17, 15) is 43.2 Å². The number of unbranched alkanes of at least 4 members (excludes halogenated alkanes) is 36. The Balaban J connectivity index is 5.21. The molecule has 0 bridgehead atoms. The first kappa shape index (κ1) is 91.1. The Morgan fingerprint density at radius 2 is 0.516 bits per heavy atom. The zero-order valence-electron chi connectivity index (χ0n) is 60.9. The van der Waals surface area contributed by atoms with Crippen molar-refractivity contribution in [2.75, 3.05) is 39.6 Å². The summed E-state index contributed by atoms with van der Waals surface area (Å²) >= 11 is 0. The Hall–Kier alpha value is -1.94. The van der Waals surface area contributed by atoms with Crippen molar-refractivity contribution in [3.8, 4) is 0 Å². The smallest absolute Gasteiger partial charge is 0.462 e. The minimum atomic E-state index is -4.96. The zero-order chi connectivity index (χ0) is 68.9. The monoisotopic (exact) mass is 1370 g/mol. The number of phosphoric acid groups is 2. The van der Waals surface area contributed by atoms with Crippen LogP contribution in [-0.2, 0) is 65.4 Å². The van der Waals surface area contributed by atoms with Crippen molar-refractivity contribution in [2.24, 2.45) is 23.7 Å². The number of hydrogen-bond acceptors (Lipinski definition) is 15. The molecular weight excluding hydrogens is 1220 g/mol. The van der Waals surface area contributed by atoms with E-state index in [1.807, 2.05) is 0 Å². The Bertz CT molecular complexity index is 1840. The normalized spacial score (nSPS) is 14.5. The summed E-state index contributed by atoms with van der Waals surface area (Å²) in [6.45, 7) is 14.1. The largest absolute Gasteiger partial charge is 0.472 e. The van der Waals surface area contributed by atoms with Crippen LogP contribution in [0.1, 0.15) is 370 Å². The van der Waals surface area contributed by atoms with Crippen LogP contribution in [-0.4, -0.2) is 96.7 Å². The highest BCUT2D eigenvalue weighted by atomic mass is 31.2. The maximum Gasteiger partial charge on any atom is 0.472 e. The fraction of sp³-hybridized carbons (Fsp3) is 0.946. The highest BCUT2D eigenvalue weighted by Gasteiger charge is 2.30. The minimum absolute atomic E-state index is 0.101. The molecule has 0 fully saturated rings. The molecule has 552 valence electrons. The van der Waals surface area contributed by atoms with E-state index >= 15 is 0 Å². The van der Waals surface area contributed by atoms with Gasteiger partial charge in [0.2, 0.25) is 0 Å². The van der Waals surface area contributed by atoms with Gasteiger partial charge in [0.15, 0.2) is 12.2 Å². The maximum absolute atomic E-state index is 13.1. The molecule has 3 N–H and O–H groups in total. The van der Waals surface area contributed by atoms with Crippen LogP contribution in [0.2, 0.25) is 0 Å². The molecule has 0 saturated heterocycles. The SMILES string of the molecule is CCC(C)CCCCCCCCCCCCCCCCC(=O)OC[C@H](COP(=O)(O)OC[C@@H](O)COP(=O)(O)OC[C@@H](COC(=O)CCCCCCCCC(C)C)OC(=O)CCCCCCCCC(C)C)OC(=O)CCCCCCCCCCCCCCCCC(C)C. The summed E-state index contributed by atoms with van der Waals surface area (Å²) < 4.78 is 68.3. The van der Waals surface area contributed by atoms with E-state index in [1.165, 1.54) is 167 Å². The number of esters is 4. The van der Waals surface area contributed by atoms with Crippen LogP contribution in [0, 0.1) is 23.7 Å². The van der Waals surface area contributed by atoms with Gasteiger partial charge in [0, 0.05) is 25.7 Å². The van der Waals surface area contributed by atoms with Crippen LogP contribution in [0.5, 0.6) is 0 Å². The van der Waals surface area contributed by atoms with E-state index in [0.29, 0.717) is 37.5 Å². The third kappa shape index (κ3) is 67.0. The second kappa shape index (κ2) is 63.5. The van der Waals surface area contributed by atoms with Crippen molar-refractivity contribution in [3.63, 3.8) is 0 Å². The minimum Gasteiger partial charge on any atom is -0.462 e. The highest BCUT2D eigenvalue weighted by Crippen LogP contribution is 2.45. The molecule has 0 aliphatic rings. The molecule has 0 radical (unpaired) electrons. The standard InChI is InChI=1S/C74H144O17P2/c1-9-67(8)53-45-37-27-23-19-15-11-13-16-20-24-28-38-46-54-71(76)84-60-69(90-73(78)56-48-40-29-25-21-17-12-10-14-18-22-26-34-42-50-64(2)3)62-88-92(80,81)86-58-68(75)59-87-93(82,83)89-63-70(91-74(79)57-49-41-33-31-36-44-52-66(6)7)61-85-72(77)55-47-39-32-30-35-43-51-65(4)5/h64-70,75H,9-63H2,1-8H3,(H,80,81)(H,82,83)/t67?,68-,69-,70-/m1/s1. The van der Waals surface area contributed by atoms with E-state index in [1.54, 1.807) is 0 Å². The summed E-state index contributed by atoms with van der Waals surface area (Å²) in [5.74, 6) is 0.864. The molecule has 0 spiro atoms. The number of carbonyl (C=O) groups excluding carboxylic acids is 4. The zero-order valence-corrected chi connectivity index (χ0v) is 62.7. The first-order valence-corrected chi connectivity index (χ1v) is 41.2. The van der Waals surface area contributed by atoms with E-state index in [-0.39, 0.29) is 25.7 Å². The molecule has 0 aliphatic carbocycles. The molecule has 17 nitrogen and oxygen atoms in total. The van der Waals surface area contributed by atoms with E-state index < -0.39 is 97.5 Å². The van der Waals surface area contributed by atoms with Crippen LogP contribution >= 0.6 is 15.6 Å². The molecule has 0 amide bonds. The van der Waals surface area contributed by atoms with Crippen LogP contribution in [0.4, 0.5) is 0 Å². The second-order valence-corrected chi connectivity index (χ2v) is 31.3. The van der Waals surface area contributed by atoms with Crippen LogP contribution in [0.15, 0.2) is 0 Å². The fourth-order valence-corrected chi connectivity index (χ4v) is 12.7. The third-order valence-electron chi connectivity index (χ3n) is 17.4. The van der Waals surface area contributed by atoms with Crippen LogP contribution in [0.25, 0.3) is 0 Å². The maximum atomic E-state index is 13.1.